The lowest BCUT2D eigenvalue weighted by atomic mass is 9.63. The van der Waals surface area contributed by atoms with E-state index in [-0.39, 0.29) is 6.10 Å². The van der Waals surface area contributed by atoms with Crippen LogP contribution in [0.5, 0.6) is 5.88 Å². The lowest BCUT2D eigenvalue weighted by Crippen LogP contribution is -2.38. The lowest BCUT2D eigenvalue weighted by Gasteiger charge is -2.39. The van der Waals surface area contributed by atoms with E-state index in [4.69, 9.17) is 25.0 Å². The van der Waals surface area contributed by atoms with Gasteiger partial charge in [0.15, 0.2) is 17.3 Å². The van der Waals surface area contributed by atoms with Crippen LogP contribution in [0.15, 0.2) is 16.8 Å². The van der Waals surface area contributed by atoms with Crippen LogP contribution < -0.4 is 10.5 Å². The van der Waals surface area contributed by atoms with Crippen LogP contribution in [0.4, 0.5) is 5.00 Å². The van der Waals surface area contributed by atoms with Crippen LogP contribution in [0.1, 0.15) is 72.8 Å². The standard InChI is InChI=1S/C29H33N9O2S/c1-16(21-8-6-12-37(21)2)39-23-13-19(20-15-32-38(3)35-20)33-28(34-23)25-17-7-4-10-29(26(17)40-36-25)11-5-9-22-24(29)18(14-30)27(31)41-22/h13,15-16,21H,4-12,31H2,1-3H3/t16-,21-,29-/m0/s1. The molecule has 0 aromatic carbocycles. The van der Waals surface area contributed by atoms with Crippen molar-refractivity contribution in [2.45, 2.75) is 75.9 Å². The van der Waals surface area contributed by atoms with E-state index in [1.54, 1.807) is 24.6 Å². The minimum absolute atomic E-state index is 0.0523. The molecule has 3 atom stereocenters. The van der Waals surface area contributed by atoms with E-state index in [0.717, 1.165) is 74.8 Å². The number of aryl methyl sites for hydroxylation is 2. The maximum absolute atomic E-state index is 10.0. The van der Waals surface area contributed by atoms with Gasteiger partial charge in [0.05, 0.1) is 17.2 Å². The molecular formula is C29H33N9O2S. The summed E-state index contributed by atoms with van der Waals surface area (Å²) in [5, 5.41) is 23.9. The van der Waals surface area contributed by atoms with E-state index >= 15 is 0 Å². The Kier molecular flexibility index (Phi) is 6.32. The topological polar surface area (TPSA) is 145 Å². The van der Waals surface area contributed by atoms with E-state index < -0.39 is 5.41 Å². The van der Waals surface area contributed by atoms with Gasteiger partial charge in [0, 0.05) is 29.6 Å². The number of thiophene rings is 1. The highest BCUT2D eigenvalue weighted by atomic mass is 32.1. The Hall–Kier alpha value is -3.82. The molecule has 4 aromatic rings. The van der Waals surface area contributed by atoms with Crippen molar-refractivity contribution >= 4 is 16.3 Å². The van der Waals surface area contributed by atoms with Gasteiger partial charge in [-0.05, 0) is 77.4 Å². The molecule has 1 saturated heterocycles. The molecule has 11 nitrogen and oxygen atoms in total. The van der Waals surface area contributed by atoms with Crippen LogP contribution >= 0.6 is 11.3 Å². The first-order valence-corrected chi connectivity index (χ1v) is 15.1. The smallest absolute Gasteiger partial charge is 0.217 e. The monoisotopic (exact) mass is 571 g/mol. The molecule has 2 N–H and O–H groups in total. The van der Waals surface area contributed by atoms with Gasteiger partial charge in [0.1, 0.15) is 28.6 Å². The van der Waals surface area contributed by atoms with Gasteiger partial charge in [-0.1, -0.05) is 5.16 Å². The Morgan fingerprint density at radius 1 is 1.20 bits per heavy atom. The number of nitrogens with zero attached hydrogens (tertiary/aromatic N) is 8. The molecule has 12 heteroatoms. The Morgan fingerprint density at radius 3 is 2.76 bits per heavy atom. The zero-order chi connectivity index (χ0) is 28.3. The van der Waals surface area contributed by atoms with Crippen LogP contribution in [0, 0.1) is 11.3 Å². The molecule has 4 aromatic heterocycles. The number of aromatic nitrogens is 6. The highest BCUT2D eigenvalue weighted by molar-refractivity contribution is 7.16. The molecular weight excluding hydrogens is 538 g/mol. The lowest BCUT2D eigenvalue weighted by molar-refractivity contribution is 0.117. The fraction of sp³-hybridized carbons (Fsp3) is 0.517. The van der Waals surface area contributed by atoms with Gasteiger partial charge in [-0.3, -0.25) is 4.90 Å². The number of fused-ring (bicyclic) bond motifs is 4. The molecule has 7 rings (SSSR count). The molecule has 1 fully saturated rings. The van der Waals surface area contributed by atoms with Crippen LogP contribution in [0.2, 0.25) is 0 Å². The van der Waals surface area contributed by atoms with Crippen molar-refractivity contribution in [1.29, 1.82) is 5.26 Å². The molecule has 1 aliphatic heterocycles. The van der Waals surface area contributed by atoms with E-state index in [1.165, 1.54) is 9.67 Å². The number of likely N-dealkylation sites (tertiary alicyclic amines) is 1. The quantitative estimate of drug-likeness (QED) is 0.369. The van der Waals surface area contributed by atoms with Crippen LogP contribution in [-0.4, -0.2) is 60.8 Å². The number of nitrogens with two attached hydrogens (primary N) is 1. The van der Waals surface area contributed by atoms with E-state index in [0.29, 0.717) is 45.4 Å². The molecule has 2 aliphatic carbocycles. The largest absolute Gasteiger partial charge is 0.473 e. The summed E-state index contributed by atoms with van der Waals surface area (Å²) >= 11 is 1.54. The first-order chi connectivity index (χ1) is 19.9. The van der Waals surface area contributed by atoms with E-state index in [2.05, 4.69) is 40.3 Å². The molecule has 5 heterocycles. The van der Waals surface area contributed by atoms with Crippen molar-refractivity contribution in [1.82, 2.24) is 35.0 Å². The Labute approximate surface area is 242 Å². The van der Waals surface area contributed by atoms with Crippen molar-refractivity contribution in [2.75, 3.05) is 19.3 Å². The van der Waals surface area contributed by atoms with Gasteiger partial charge >= 0.3 is 0 Å². The van der Waals surface area contributed by atoms with Gasteiger partial charge in [0.25, 0.3) is 0 Å². The minimum atomic E-state index is -0.408. The highest BCUT2D eigenvalue weighted by Crippen LogP contribution is 2.55. The first-order valence-electron chi connectivity index (χ1n) is 14.3. The zero-order valence-corrected chi connectivity index (χ0v) is 24.4. The summed E-state index contributed by atoms with van der Waals surface area (Å²) < 4.78 is 12.7. The summed E-state index contributed by atoms with van der Waals surface area (Å²) in [6.07, 6.45) is 9.36. The van der Waals surface area contributed by atoms with Crippen molar-refractivity contribution < 1.29 is 9.26 Å². The molecule has 3 aliphatic rings. The predicted molar refractivity (Wildman–Crippen MR) is 153 cm³/mol. The van der Waals surface area contributed by atoms with Crippen molar-refractivity contribution in [2.24, 2.45) is 7.05 Å². The summed E-state index contributed by atoms with van der Waals surface area (Å²) in [5.74, 6) is 1.74. The molecule has 0 amide bonds. The van der Waals surface area contributed by atoms with Crippen LogP contribution in [0.25, 0.3) is 22.9 Å². The number of likely N-dealkylation sites (N-methyl/N-ethyl adjacent to an activating group) is 1. The average Bonchev–Trinajstić information content (AvgIpc) is 3.75. The number of nitrogen functional groups attached to an aromatic ring is 1. The molecule has 1 spiro atoms. The SMILES string of the molecule is C[C@H](Oc1cc(-c2cnn(C)n2)nc(-c2noc3c2CCC[C@@]32CCCc3sc(N)c(C#N)c32)n1)[C@@H]1CCCN1C. The maximum atomic E-state index is 10.0. The van der Waals surface area contributed by atoms with Gasteiger partial charge in [-0.2, -0.15) is 25.2 Å². The summed E-state index contributed by atoms with van der Waals surface area (Å²) in [7, 11) is 3.92. The summed E-state index contributed by atoms with van der Waals surface area (Å²) in [5.41, 5.74) is 10.4. The molecule has 0 unspecified atom stereocenters. The molecule has 0 saturated carbocycles. The average molecular weight is 572 g/mol. The van der Waals surface area contributed by atoms with Crippen LogP contribution in [-0.2, 0) is 25.3 Å². The summed E-state index contributed by atoms with van der Waals surface area (Å²) in [6.45, 7) is 3.16. The molecule has 0 bridgehead atoms. The van der Waals surface area contributed by atoms with E-state index in [9.17, 15) is 5.26 Å². The summed E-state index contributed by atoms with van der Waals surface area (Å²) in [4.78, 5) is 14.8. The predicted octanol–water partition coefficient (Wildman–Crippen LogP) is 4.26. The number of hydrogen-bond donors (Lipinski definition) is 1. The fourth-order valence-corrected chi connectivity index (χ4v) is 8.36. The number of rotatable bonds is 5. The zero-order valence-electron chi connectivity index (χ0n) is 23.6. The second-order valence-corrected chi connectivity index (χ2v) is 12.7. The van der Waals surface area contributed by atoms with Gasteiger partial charge in [-0.15, -0.1) is 11.3 Å². The molecule has 0 radical (unpaired) electrons. The second kappa shape index (κ2) is 9.92. The Balaban J connectivity index is 1.33. The second-order valence-electron chi connectivity index (χ2n) is 11.5. The van der Waals surface area contributed by atoms with Crippen molar-refractivity contribution in [3.63, 3.8) is 0 Å². The molecule has 41 heavy (non-hydrogen) atoms. The van der Waals surface area contributed by atoms with Crippen LogP contribution in [0.3, 0.4) is 0 Å². The third-order valence-corrected chi connectivity index (χ3v) is 10.1. The van der Waals surface area contributed by atoms with Gasteiger partial charge in [0.2, 0.25) is 5.88 Å². The minimum Gasteiger partial charge on any atom is -0.473 e. The van der Waals surface area contributed by atoms with Crippen molar-refractivity contribution in [3.8, 4) is 34.9 Å². The van der Waals surface area contributed by atoms with Gasteiger partial charge in [-0.25, -0.2) is 4.98 Å². The Bertz CT molecular complexity index is 1660. The maximum Gasteiger partial charge on any atom is 0.217 e. The summed E-state index contributed by atoms with van der Waals surface area (Å²) in [6, 6.07) is 4.53. The Morgan fingerprint density at radius 2 is 2.02 bits per heavy atom. The van der Waals surface area contributed by atoms with E-state index in [1.807, 2.05) is 6.07 Å². The molecule has 212 valence electrons. The number of ether oxygens (including phenoxy) is 1. The third-order valence-electron chi connectivity index (χ3n) is 9.06. The normalized spacial score (nSPS) is 22.8. The number of hydrogen-bond acceptors (Lipinski definition) is 11. The number of anilines is 1. The third kappa shape index (κ3) is 4.21. The highest BCUT2D eigenvalue weighted by Gasteiger charge is 2.48. The first kappa shape index (κ1) is 26.1. The number of nitriles is 1. The van der Waals surface area contributed by atoms with Crippen molar-refractivity contribution in [3.05, 3.63) is 39.6 Å². The fourth-order valence-electron chi connectivity index (χ4n) is 7.20. The van der Waals surface area contributed by atoms with Gasteiger partial charge < -0.3 is 15.0 Å².